The lowest BCUT2D eigenvalue weighted by Gasteiger charge is -2.21. The van der Waals surface area contributed by atoms with E-state index >= 15 is 0 Å². The molecule has 0 bridgehead atoms. The van der Waals surface area contributed by atoms with Crippen molar-refractivity contribution in [3.05, 3.63) is 40.5 Å². The van der Waals surface area contributed by atoms with Gasteiger partial charge >= 0.3 is 0 Å². The number of carbonyl (C=O) groups excluding carboxylic acids is 2. The quantitative estimate of drug-likeness (QED) is 0.822. The van der Waals surface area contributed by atoms with Crippen molar-refractivity contribution in [2.75, 3.05) is 0 Å². The van der Waals surface area contributed by atoms with Gasteiger partial charge in [0, 0.05) is 22.5 Å². The molecule has 1 fully saturated rings. The van der Waals surface area contributed by atoms with Crippen LogP contribution in [0.4, 0.5) is 0 Å². The number of hydrogen-bond donors (Lipinski definition) is 1. The lowest BCUT2D eigenvalue weighted by Crippen LogP contribution is -2.39. The fourth-order valence-electron chi connectivity index (χ4n) is 2.35. The Kier molecular flexibility index (Phi) is 3.06. The van der Waals surface area contributed by atoms with Gasteiger partial charge in [-0.2, -0.15) is 0 Å². The van der Waals surface area contributed by atoms with Crippen molar-refractivity contribution in [1.82, 2.24) is 10.3 Å². The van der Waals surface area contributed by atoms with Gasteiger partial charge in [0.15, 0.2) is 0 Å². The lowest BCUT2D eigenvalue weighted by molar-refractivity contribution is -0.134. The number of hydrogen-bond acceptors (Lipinski definition) is 3. The Balaban J connectivity index is 2.01. The molecule has 19 heavy (non-hydrogen) atoms. The minimum absolute atomic E-state index is 0.188. The maximum atomic E-state index is 11.9. The Labute approximate surface area is 118 Å². The summed E-state index contributed by atoms with van der Waals surface area (Å²) in [4.78, 5) is 27.3. The van der Waals surface area contributed by atoms with Gasteiger partial charge in [-0.05, 0) is 46.1 Å². The minimum Gasteiger partial charge on any atom is -0.296 e. The molecule has 3 rings (SSSR count). The molecule has 2 heterocycles. The molecule has 1 aromatic heterocycles. The maximum Gasteiger partial charge on any atom is 0.234 e. The number of piperidine rings is 1. The van der Waals surface area contributed by atoms with E-state index in [4.69, 9.17) is 0 Å². The molecule has 2 amide bonds. The van der Waals surface area contributed by atoms with Crippen LogP contribution in [0.15, 0.2) is 34.9 Å². The van der Waals surface area contributed by atoms with Crippen LogP contribution in [0.2, 0.25) is 0 Å². The van der Waals surface area contributed by atoms with Gasteiger partial charge in [-0.1, -0.05) is 6.07 Å². The highest BCUT2D eigenvalue weighted by Gasteiger charge is 2.27. The molecular formula is C14H11BrN2O2. The summed E-state index contributed by atoms with van der Waals surface area (Å²) in [6, 6.07) is 7.74. The second-order valence-corrected chi connectivity index (χ2v) is 5.53. The molecule has 96 valence electrons. The number of nitrogens with zero attached hydrogens (tertiary/aromatic N) is 1. The molecule has 0 spiro atoms. The molecule has 1 N–H and O–H groups in total. The molecule has 2 aromatic rings. The number of imide groups is 1. The number of amides is 2. The van der Waals surface area contributed by atoms with E-state index in [0.29, 0.717) is 12.8 Å². The van der Waals surface area contributed by atoms with Crippen LogP contribution in [-0.2, 0) is 9.59 Å². The molecule has 4 nitrogen and oxygen atoms in total. The number of nitrogens with one attached hydrogen (secondary N) is 1. The van der Waals surface area contributed by atoms with E-state index < -0.39 is 0 Å². The first-order valence-electron chi connectivity index (χ1n) is 6.02. The predicted octanol–water partition coefficient (Wildman–Crippen LogP) is 2.52. The van der Waals surface area contributed by atoms with Crippen LogP contribution in [0, 0.1) is 0 Å². The molecule has 5 heteroatoms. The van der Waals surface area contributed by atoms with Crippen LogP contribution in [0.1, 0.15) is 24.3 Å². The summed E-state index contributed by atoms with van der Waals surface area (Å²) in [5.41, 5.74) is 1.82. The number of fused-ring (bicyclic) bond motifs is 1. The highest BCUT2D eigenvalue weighted by atomic mass is 79.9. The average molecular weight is 319 g/mol. The summed E-state index contributed by atoms with van der Waals surface area (Å²) >= 11 is 3.39. The zero-order valence-electron chi connectivity index (χ0n) is 10.0. The van der Waals surface area contributed by atoms with Crippen LogP contribution in [0.25, 0.3) is 10.9 Å². The van der Waals surface area contributed by atoms with Gasteiger partial charge in [0.1, 0.15) is 0 Å². The van der Waals surface area contributed by atoms with Crippen LogP contribution < -0.4 is 5.32 Å². The first kappa shape index (κ1) is 12.3. The maximum absolute atomic E-state index is 11.9. The molecule has 0 saturated carbocycles. The highest BCUT2D eigenvalue weighted by Crippen LogP contribution is 2.28. The van der Waals surface area contributed by atoms with E-state index in [1.165, 1.54) is 0 Å². The first-order valence-corrected chi connectivity index (χ1v) is 6.82. The fourth-order valence-corrected chi connectivity index (χ4v) is 2.70. The largest absolute Gasteiger partial charge is 0.296 e. The van der Waals surface area contributed by atoms with Gasteiger partial charge in [0.25, 0.3) is 0 Å². The Hall–Kier alpha value is -1.75. The molecular weight excluding hydrogens is 308 g/mol. The van der Waals surface area contributed by atoms with Gasteiger partial charge in [0.05, 0.1) is 11.4 Å². The summed E-state index contributed by atoms with van der Waals surface area (Å²) in [5, 5.41) is 3.37. The third kappa shape index (κ3) is 2.38. The Bertz CT molecular complexity index is 684. The second kappa shape index (κ2) is 4.74. The number of benzene rings is 1. The predicted molar refractivity (Wildman–Crippen MR) is 74.6 cm³/mol. The normalized spacial score (nSPS) is 19.5. The van der Waals surface area contributed by atoms with Crippen molar-refractivity contribution in [1.29, 1.82) is 0 Å². The van der Waals surface area contributed by atoms with E-state index in [1.807, 2.05) is 24.3 Å². The molecule has 1 aliphatic heterocycles. The summed E-state index contributed by atoms with van der Waals surface area (Å²) in [5.74, 6) is -0.647. The Morgan fingerprint density at radius 1 is 1.26 bits per heavy atom. The van der Waals surface area contributed by atoms with Crippen molar-refractivity contribution in [2.45, 2.75) is 18.8 Å². The van der Waals surface area contributed by atoms with Crippen molar-refractivity contribution < 1.29 is 9.59 Å². The molecule has 0 aliphatic carbocycles. The van der Waals surface area contributed by atoms with Crippen LogP contribution in [0.5, 0.6) is 0 Å². The van der Waals surface area contributed by atoms with E-state index in [0.717, 1.165) is 20.9 Å². The molecule has 1 aromatic carbocycles. The number of aromatic nitrogens is 1. The third-order valence-corrected chi connectivity index (χ3v) is 3.75. The SMILES string of the molecule is O=C1CCC(c2ccc3ncc(Br)cc3c2)C(=O)N1. The first-order chi connectivity index (χ1) is 9.13. The summed E-state index contributed by atoms with van der Waals surface area (Å²) in [6.45, 7) is 0. The van der Waals surface area contributed by atoms with Crippen molar-refractivity contribution >= 4 is 38.6 Å². The van der Waals surface area contributed by atoms with Gasteiger partial charge in [-0.15, -0.1) is 0 Å². The summed E-state index contributed by atoms with van der Waals surface area (Å²) < 4.78 is 0.903. The van der Waals surface area contributed by atoms with Crippen LogP contribution in [0.3, 0.4) is 0 Å². The molecule has 1 aliphatic rings. The van der Waals surface area contributed by atoms with Crippen molar-refractivity contribution in [3.8, 4) is 0 Å². The monoisotopic (exact) mass is 318 g/mol. The molecule has 1 atom stereocenters. The highest BCUT2D eigenvalue weighted by molar-refractivity contribution is 9.10. The lowest BCUT2D eigenvalue weighted by atomic mass is 9.90. The van der Waals surface area contributed by atoms with Crippen LogP contribution in [-0.4, -0.2) is 16.8 Å². The molecule has 1 unspecified atom stereocenters. The van der Waals surface area contributed by atoms with E-state index in [-0.39, 0.29) is 17.7 Å². The Morgan fingerprint density at radius 2 is 2.11 bits per heavy atom. The zero-order valence-corrected chi connectivity index (χ0v) is 11.6. The van der Waals surface area contributed by atoms with Gasteiger partial charge in [-0.3, -0.25) is 19.9 Å². The smallest absolute Gasteiger partial charge is 0.234 e. The molecule has 1 saturated heterocycles. The average Bonchev–Trinajstić information content (AvgIpc) is 2.38. The van der Waals surface area contributed by atoms with Crippen molar-refractivity contribution in [3.63, 3.8) is 0 Å². The summed E-state index contributed by atoms with van der Waals surface area (Å²) in [7, 11) is 0. The van der Waals surface area contributed by atoms with Gasteiger partial charge in [-0.25, -0.2) is 0 Å². The van der Waals surface area contributed by atoms with E-state index in [2.05, 4.69) is 26.2 Å². The number of halogens is 1. The molecule has 0 radical (unpaired) electrons. The van der Waals surface area contributed by atoms with Gasteiger partial charge < -0.3 is 0 Å². The minimum atomic E-state index is -0.249. The van der Waals surface area contributed by atoms with Gasteiger partial charge in [0.2, 0.25) is 11.8 Å². The van der Waals surface area contributed by atoms with E-state index in [1.54, 1.807) is 6.20 Å². The Morgan fingerprint density at radius 3 is 2.89 bits per heavy atom. The number of carbonyl (C=O) groups is 2. The number of rotatable bonds is 1. The standard InChI is InChI=1S/C14H11BrN2O2/c15-10-6-9-5-8(1-3-12(9)16-7-10)11-2-4-13(18)17-14(11)19/h1,3,5-7,11H,2,4H2,(H,17,18,19). The third-order valence-electron chi connectivity index (χ3n) is 3.31. The van der Waals surface area contributed by atoms with Crippen LogP contribution >= 0.6 is 15.9 Å². The van der Waals surface area contributed by atoms with E-state index in [9.17, 15) is 9.59 Å². The topological polar surface area (TPSA) is 59.1 Å². The number of pyridine rings is 1. The zero-order chi connectivity index (χ0) is 13.4. The second-order valence-electron chi connectivity index (χ2n) is 4.61. The fraction of sp³-hybridized carbons (Fsp3) is 0.214. The van der Waals surface area contributed by atoms with Crippen molar-refractivity contribution in [2.24, 2.45) is 0 Å². The summed E-state index contributed by atoms with van der Waals surface area (Å²) in [6.07, 6.45) is 2.71.